The van der Waals surface area contributed by atoms with E-state index in [1.165, 1.54) is 5.56 Å². The van der Waals surface area contributed by atoms with Gasteiger partial charge in [-0.1, -0.05) is 40.5 Å². The van der Waals surface area contributed by atoms with E-state index < -0.39 is 0 Å². The highest BCUT2D eigenvalue weighted by atomic mass is 79.9. The number of benzene rings is 1. The van der Waals surface area contributed by atoms with Crippen molar-refractivity contribution in [2.75, 3.05) is 6.54 Å². The predicted octanol–water partition coefficient (Wildman–Crippen LogP) is 4.86. The largest absolute Gasteiger partial charge is 0.306 e. The molecule has 1 aromatic heterocycles. The van der Waals surface area contributed by atoms with Crippen molar-refractivity contribution in [2.45, 2.75) is 13.0 Å². The molecular formula is C13H13BrClNS. The van der Waals surface area contributed by atoms with Crippen LogP contribution in [0.4, 0.5) is 0 Å². The second-order valence-electron chi connectivity index (χ2n) is 3.71. The summed E-state index contributed by atoms with van der Waals surface area (Å²) in [5, 5.41) is 8.51. The maximum Gasteiger partial charge on any atom is 0.0599 e. The molecule has 0 radical (unpaired) electrons. The molecule has 0 fully saturated rings. The Labute approximate surface area is 119 Å². The first-order valence-electron chi connectivity index (χ1n) is 5.42. The number of halogens is 2. The summed E-state index contributed by atoms with van der Waals surface area (Å²) in [5.74, 6) is 0. The summed E-state index contributed by atoms with van der Waals surface area (Å²) in [5.41, 5.74) is 2.39. The zero-order valence-electron chi connectivity index (χ0n) is 9.41. The number of thiophene rings is 1. The fourth-order valence-corrected chi connectivity index (χ4v) is 3.25. The van der Waals surface area contributed by atoms with Crippen molar-refractivity contribution in [3.05, 3.63) is 55.6 Å². The van der Waals surface area contributed by atoms with Gasteiger partial charge in [0.05, 0.1) is 6.04 Å². The van der Waals surface area contributed by atoms with Gasteiger partial charge in [0.25, 0.3) is 0 Å². The van der Waals surface area contributed by atoms with Crippen molar-refractivity contribution in [1.29, 1.82) is 0 Å². The van der Waals surface area contributed by atoms with Crippen LogP contribution < -0.4 is 5.32 Å². The zero-order valence-corrected chi connectivity index (χ0v) is 12.6. The minimum atomic E-state index is 0.173. The molecule has 0 saturated heterocycles. The molecule has 1 N–H and O–H groups in total. The highest BCUT2D eigenvalue weighted by Crippen LogP contribution is 2.31. The van der Waals surface area contributed by atoms with E-state index >= 15 is 0 Å². The molecule has 4 heteroatoms. The average Bonchev–Trinajstić information content (AvgIpc) is 2.80. The third-order valence-electron chi connectivity index (χ3n) is 2.56. The second kappa shape index (κ2) is 6.01. The van der Waals surface area contributed by atoms with E-state index in [0.717, 1.165) is 21.6 Å². The number of hydrogen-bond donors (Lipinski definition) is 1. The lowest BCUT2D eigenvalue weighted by atomic mass is 10.0. The van der Waals surface area contributed by atoms with E-state index in [-0.39, 0.29) is 6.04 Å². The van der Waals surface area contributed by atoms with Crippen molar-refractivity contribution in [1.82, 2.24) is 5.32 Å². The van der Waals surface area contributed by atoms with Gasteiger partial charge in [-0.05, 0) is 46.6 Å². The van der Waals surface area contributed by atoms with Crippen LogP contribution in [0, 0.1) is 0 Å². The predicted molar refractivity (Wildman–Crippen MR) is 79.0 cm³/mol. The van der Waals surface area contributed by atoms with Crippen molar-refractivity contribution in [3.8, 4) is 0 Å². The van der Waals surface area contributed by atoms with Gasteiger partial charge >= 0.3 is 0 Å². The van der Waals surface area contributed by atoms with Gasteiger partial charge in [-0.15, -0.1) is 0 Å². The molecule has 1 atom stereocenters. The molecule has 0 amide bonds. The first-order chi connectivity index (χ1) is 8.22. The summed E-state index contributed by atoms with van der Waals surface area (Å²) in [4.78, 5) is 0. The third-order valence-corrected chi connectivity index (χ3v) is 4.08. The van der Waals surface area contributed by atoms with E-state index in [0.29, 0.717) is 0 Å². The Kier molecular flexibility index (Phi) is 4.62. The van der Waals surface area contributed by atoms with Crippen LogP contribution in [0.1, 0.15) is 24.1 Å². The molecule has 0 saturated carbocycles. The van der Waals surface area contributed by atoms with E-state index in [9.17, 15) is 0 Å². The fourth-order valence-electron chi connectivity index (χ4n) is 1.79. The molecule has 90 valence electrons. The Morgan fingerprint density at radius 2 is 2.24 bits per heavy atom. The Balaban J connectivity index is 2.39. The van der Waals surface area contributed by atoms with Crippen LogP contribution in [-0.2, 0) is 0 Å². The average molecular weight is 331 g/mol. The molecule has 0 spiro atoms. The molecule has 1 unspecified atom stereocenters. The van der Waals surface area contributed by atoms with Gasteiger partial charge in [0.15, 0.2) is 0 Å². The quantitative estimate of drug-likeness (QED) is 0.844. The van der Waals surface area contributed by atoms with E-state index in [1.807, 2.05) is 12.1 Å². The van der Waals surface area contributed by atoms with Crippen LogP contribution in [0.25, 0.3) is 0 Å². The zero-order chi connectivity index (χ0) is 12.3. The Hall–Kier alpha value is -0.350. The van der Waals surface area contributed by atoms with Crippen LogP contribution >= 0.6 is 38.9 Å². The molecule has 2 aromatic rings. The third kappa shape index (κ3) is 3.10. The van der Waals surface area contributed by atoms with E-state index in [4.69, 9.17) is 11.6 Å². The maximum absolute atomic E-state index is 6.31. The fraction of sp³-hybridized carbons (Fsp3) is 0.231. The summed E-state index contributed by atoms with van der Waals surface area (Å²) in [7, 11) is 0. The maximum atomic E-state index is 6.31. The van der Waals surface area contributed by atoms with Crippen LogP contribution in [0.5, 0.6) is 0 Å². The number of hydrogen-bond acceptors (Lipinski definition) is 2. The summed E-state index contributed by atoms with van der Waals surface area (Å²) in [6, 6.07) is 8.34. The standard InChI is InChI=1S/C13H13BrClNS/c1-2-16-13(9-5-6-17-8-9)11-4-3-10(14)7-12(11)15/h3-8,13,16H,2H2,1H3. The molecule has 1 heterocycles. The van der Waals surface area contributed by atoms with Gasteiger partial charge in [-0.25, -0.2) is 0 Å². The van der Waals surface area contributed by atoms with Crippen molar-refractivity contribution in [2.24, 2.45) is 0 Å². The lowest BCUT2D eigenvalue weighted by Gasteiger charge is -2.18. The van der Waals surface area contributed by atoms with Gasteiger partial charge in [0, 0.05) is 9.50 Å². The molecule has 0 aliphatic rings. The molecule has 1 aromatic carbocycles. The van der Waals surface area contributed by atoms with Gasteiger partial charge < -0.3 is 5.32 Å². The van der Waals surface area contributed by atoms with Crippen molar-refractivity contribution in [3.63, 3.8) is 0 Å². The Morgan fingerprint density at radius 3 is 2.82 bits per heavy atom. The van der Waals surface area contributed by atoms with Gasteiger partial charge in [-0.2, -0.15) is 11.3 Å². The topological polar surface area (TPSA) is 12.0 Å². The van der Waals surface area contributed by atoms with Crippen molar-refractivity contribution >= 4 is 38.9 Å². The molecule has 0 aliphatic carbocycles. The first kappa shape index (κ1) is 13.1. The monoisotopic (exact) mass is 329 g/mol. The van der Waals surface area contributed by atoms with E-state index in [2.05, 4.69) is 51.1 Å². The van der Waals surface area contributed by atoms with Gasteiger partial charge in [0.1, 0.15) is 0 Å². The number of nitrogens with one attached hydrogen (secondary N) is 1. The minimum absolute atomic E-state index is 0.173. The highest BCUT2D eigenvalue weighted by molar-refractivity contribution is 9.10. The summed E-state index contributed by atoms with van der Waals surface area (Å²) >= 11 is 11.4. The smallest absolute Gasteiger partial charge is 0.0599 e. The van der Waals surface area contributed by atoms with Crippen LogP contribution in [0.15, 0.2) is 39.5 Å². The normalized spacial score (nSPS) is 12.6. The van der Waals surface area contributed by atoms with Crippen molar-refractivity contribution < 1.29 is 0 Å². The lowest BCUT2D eigenvalue weighted by Crippen LogP contribution is -2.21. The Morgan fingerprint density at radius 1 is 1.41 bits per heavy atom. The highest BCUT2D eigenvalue weighted by Gasteiger charge is 2.16. The molecule has 0 bridgehead atoms. The summed E-state index contributed by atoms with van der Waals surface area (Å²) < 4.78 is 1.01. The second-order valence-corrected chi connectivity index (χ2v) is 5.82. The van der Waals surface area contributed by atoms with E-state index in [1.54, 1.807) is 11.3 Å². The van der Waals surface area contributed by atoms with Crippen LogP contribution in [-0.4, -0.2) is 6.54 Å². The van der Waals surface area contributed by atoms with Gasteiger partial charge in [0.2, 0.25) is 0 Å². The molecular weight excluding hydrogens is 318 g/mol. The molecule has 1 nitrogen and oxygen atoms in total. The molecule has 0 aliphatic heterocycles. The molecule has 2 rings (SSSR count). The van der Waals surface area contributed by atoms with Crippen LogP contribution in [0.2, 0.25) is 5.02 Å². The summed E-state index contributed by atoms with van der Waals surface area (Å²) in [6.07, 6.45) is 0. The van der Waals surface area contributed by atoms with Crippen LogP contribution in [0.3, 0.4) is 0 Å². The molecule has 17 heavy (non-hydrogen) atoms. The SMILES string of the molecule is CCNC(c1ccsc1)c1ccc(Br)cc1Cl. The number of rotatable bonds is 4. The summed E-state index contributed by atoms with van der Waals surface area (Å²) in [6.45, 7) is 3.01. The minimum Gasteiger partial charge on any atom is -0.306 e. The first-order valence-corrected chi connectivity index (χ1v) is 7.54. The van der Waals surface area contributed by atoms with Gasteiger partial charge in [-0.3, -0.25) is 0 Å². The Bertz CT molecular complexity index is 484. The lowest BCUT2D eigenvalue weighted by molar-refractivity contribution is 0.632.